The summed E-state index contributed by atoms with van der Waals surface area (Å²) in [6.07, 6.45) is 0.838. The fraction of sp³-hybridized carbons (Fsp3) is 0.680. The van der Waals surface area contributed by atoms with Crippen molar-refractivity contribution in [2.45, 2.75) is 65.2 Å². The van der Waals surface area contributed by atoms with E-state index in [0.717, 1.165) is 12.5 Å². The first kappa shape index (κ1) is 29.2. The molecule has 0 aromatic carbocycles. The van der Waals surface area contributed by atoms with Crippen LogP contribution in [0.1, 0.15) is 47.0 Å². The molecule has 11 nitrogen and oxygen atoms in total. The first-order valence-corrected chi connectivity index (χ1v) is 11.9. The van der Waals surface area contributed by atoms with Gasteiger partial charge in [-0.1, -0.05) is 33.9 Å². The number of rotatable bonds is 12. The van der Waals surface area contributed by atoms with E-state index in [1.807, 2.05) is 6.92 Å². The molecule has 11 heteroatoms. The van der Waals surface area contributed by atoms with Crippen LogP contribution in [0.3, 0.4) is 0 Å². The molecule has 0 aromatic heterocycles. The third-order valence-electron chi connectivity index (χ3n) is 5.83. The lowest BCUT2D eigenvalue weighted by Crippen LogP contribution is -2.51. The van der Waals surface area contributed by atoms with Gasteiger partial charge in [-0.25, -0.2) is 19.2 Å². The van der Waals surface area contributed by atoms with Crippen LogP contribution in [0.2, 0.25) is 0 Å². The smallest absolute Gasteiger partial charge is 0.407 e. The number of amides is 2. The molecule has 1 aliphatic carbocycles. The molecular formula is C25H38N2O9. The maximum atomic E-state index is 12.7. The zero-order valence-electron chi connectivity index (χ0n) is 21.6. The van der Waals surface area contributed by atoms with Crippen LogP contribution in [-0.4, -0.2) is 75.3 Å². The summed E-state index contributed by atoms with van der Waals surface area (Å²) >= 11 is 0. The first-order valence-electron chi connectivity index (χ1n) is 11.9. The van der Waals surface area contributed by atoms with E-state index in [1.165, 1.54) is 6.92 Å². The summed E-state index contributed by atoms with van der Waals surface area (Å²) in [5, 5.41) is 5.68. The van der Waals surface area contributed by atoms with Crippen LogP contribution >= 0.6 is 0 Å². The van der Waals surface area contributed by atoms with Gasteiger partial charge in [0.15, 0.2) is 6.10 Å². The fourth-order valence-electron chi connectivity index (χ4n) is 4.53. The largest absolute Gasteiger partial charge is 0.458 e. The molecule has 0 aromatic rings. The van der Waals surface area contributed by atoms with Gasteiger partial charge in [-0.05, 0) is 37.0 Å². The number of hydrogen-bond donors (Lipinski definition) is 2. The van der Waals surface area contributed by atoms with Crippen LogP contribution in [0.15, 0.2) is 24.8 Å². The Kier molecular flexibility index (Phi) is 10.3. The average Bonchev–Trinajstić information content (AvgIpc) is 3.60. The van der Waals surface area contributed by atoms with Crippen molar-refractivity contribution < 1.29 is 42.9 Å². The molecule has 2 aliphatic rings. The lowest BCUT2D eigenvalue weighted by Gasteiger charge is -2.46. The topological polar surface area (TPSA) is 142 Å². The molecule has 4 atom stereocenters. The summed E-state index contributed by atoms with van der Waals surface area (Å²) in [7, 11) is 0. The number of carbonyl (C=O) groups is 4. The zero-order valence-corrected chi connectivity index (χ0v) is 21.6. The second-order valence-corrected chi connectivity index (χ2v) is 10.5. The molecule has 0 spiro atoms. The van der Waals surface area contributed by atoms with Gasteiger partial charge in [0.2, 0.25) is 0 Å². The Balaban J connectivity index is 1.92. The SMILES string of the molecule is C=CC(=O)OCC(COC(=O)C(=C)C)OC(=O)NC1CC(C)(C)CC(C)(CNC(=O)OCC2CO2)C1. The van der Waals surface area contributed by atoms with Gasteiger partial charge in [0.05, 0.1) is 6.61 Å². The molecule has 1 aliphatic heterocycles. The summed E-state index contributed by atoms with van der Waals surface area (Å²) in [6, 6.07) is -0.238. The van der Waals surface area contributed by atoms with E-state index in [0.29, 0.717) is 26.0 Å². The minimum absolute atomic E-state index is 0.00650. The summed E-state index contributed by atoms with van der Waals surface area (Å²) in [4.78, 5) is 47.9. The molecule has 36 heavy (non-hydrogen) atoms. The van der Waals surface area contributed by atoms with Crippen LogP contribution in [0, 0.1) is 10.8 Å². The Bertz CT molecular complexity index is 852. The predicted octanol–water partition coefficient (Wildman–Crippen LogP) is 2.64. The van der Waals surface area contributed by atoms with Crippen molar-refractivity contribution in [2.24, 2.45) is 10.8 Å². The van der Waals surface area contributed by atoms with Crippen LogP contribution in [0.5, 0.6) is 0 Å². The monoisotopic (exact) mass is 510 g/mol. The fourth-order valence-corrected chi connectivity index (χ4v) is 4.53. The average molecular weight is 511 g/mol. The lowest BCUT2D eigenvalue weighted by atomic mass is 9.62. The van der Waals surface area contributed by atoms with Crippen LogP contribution in [0.25, 0.3) is 0 Å². The lowest BCUT2D eigenvalue weighted by molar-refractivity contribution is -0.147. The van der Waals surface area contributed by atoms with Crippen molar-refractivity contribution in [1.29, 1.82) is 0 Å². The third kappa shape index (κ3) is 10.7. The molecule has 4 unspecified atom stereocenters. The molecule has 1 saturated heterocycles. The van der Waals surface area contributed by atoms with Crippen molar-refractivity contribution in [3.05, 3.63) is 24.8 Å². The van der Waals surface area contributed by atoms with Gasteiger partial charge in [-0.3, -0.25) is 0 Å². The van der Waals surface area contributed by atoms with E-state index >= 15 is 0 Å². The number of hydrogen-bond acceptors (Lipinski definition) is 9. The Morgan fingerprint density at radius 3 is 2.36 bits per heavy atom. The highest BCUT2D eigenvalue weighted by Gasteiger charge is 2.42. The van der Waals surface area contributed by atoms with Crippen molar-refractivity contribution in [1.82, 2.24) is 10.6 Å². The molecule has 2 rings (SSSR count). The van der Waals surface area contributed by atoms with E-state index in [2.05, 4.69) is 37.6 Å². The Morgan fingerprint density at radius 1 is 1.08 bits per heavy atom. The molecule has 1 saturated carbocycles. The van der Waals surface area contributed by atoms with Crippen LogP contribution in [-0.2, 0) is 33.3 Å². The van der Waals surface area contributed by atoms with Crippen molar-refractivity contribution in [2.75, 3.05) is 33.0 Å². The molecule has 0 bridgehead atoms. The van der Waals surface area contributed by atoms with Crippen molar-refractivity contribution in [3.63, 3.8) is 0 Å². The van der Waals surface area contributed by atoms with Gasteiger partial charge in [0.25, 0.3) is 0 Å². The predicted molar refractivity (Wildman–Crippen MR) is 129 cm³/mol. The number of ether oxygens (including phenoxy) is 5. The standard InChI is InChI=1S/C25H38N2O9/c1-7-20(28)33-12-19(13-34-21(29)16(2)3)36-23(31)27-17-8-24(4,5)14-25(6,9-17)15-26-22(30)35-11-18-10-32-18/h7,17-19H,1-2,8-15H2,3-6H3,(H,26,30)(H,27,31). The number of nitrogens with one attached hydrogen (secondary N) is 2. The Labute approximate surface area is 211 Å². The maximum absolute atomic E-state index is 12.7. The van der Waals surface area contributed by atoms with Gasteiger partial charge in [0.1, 0.15) is 25.9 Å². The second kappa shape index (κ2) is 12.8. The molecule has 2 amide bonds. The van der Waals surface area contributed by atoms with Gasteiger partial charge in [-0.15, -0.1) is 0 Å². The number of esters is 2. The quantitative estimate of drug-likeness (QED) is 0.175. The maximum Gasteiger partial charge on any atom is 0.407 e. The van der Waals surface area contributed by atoms with Crippen molar-refractivity contribution in [3.8, 4) is 0 Å². The first-order chi connectivity index (χ1) is 16.8. The number of alkyl carbamates (subject to hydrolysis) is 2. The van der Waals surface area contributed by atoms with Crippen LogP contribution < -0.4 is 10.6 Å². The summed E-state index contributed by atoms with van der Waals surface area (Å²) in [5.74, 6) is -1.35. The highest BCUT2D eigenvalue weighted by Crippen LogP contribution is 2.45. The molecule has 1 heterocycles. The Hall–Kier alpha value is -3.08. The summed E-state index contributed by atoms with van der Waals surface area (Å²) in [5.41, 5.74) is -0.234. The third-order valence-corrected chi connectivity index (χ3v) is 5.83. The molecular weight excluding hydrogens is 472 g/mol. The Morgan fingerprint density at radius 2 is 1.75 bits per heavy atom. The van der Waals surface area contributed by atoms with Gasteiger partial charge < -0.3 is 34.3 Å². The van der Waals surface area contributed by atoms with Crippen LogP contribution in [0.4, 0.5) is 9.59 Å². The van der Waals surface area contributed by atoms with E-state index in [-0.39, 0.29) is 48.4 Å². The summed E-state index contributed by atoms with van der Waals surface area (Å²) < 4.78 is 25.6. The normalized spacial score (nSPS) is 24.9. The van der Waals surface area contributed by atoms with E-state index in [4.69, 9.17) is 23.7 Å². The molecule has 2 fully saturated rings. The molecule has 2 N–H and O–H groups in total. The van der Waals surface area contributed by atoms with Gasteiger partial charge in [-0.2, -0.15) is 0 Å². The molecule has 202 valence electrons. The van der Waals surface area contributed by atoms with Gasteiger partial charge >= 0.3 is 24.1 Å². The number of carbonyl (C=O) groups excluding carboxylic acids is 4. The van der Waals surface area contributed by atoms with E-state index in [9.17, 15) is 19.2 Å². The summed E-state index contributed by atoms with van der Waals surface area (Å²) in [6.45, 7) is 15.1. The highest BCUT2D eigenvalue weighted by atomic mass is 16.6. The second-order valence-electron chi connectivity index (χ2n) is 10.5. The number of epoxide rings is 1. The van der Waals surface area contributed by atoms with Gasteiger partial charge in [0, 0.05) is 24.2 Å². The van der Waals surface area contributed by atoms with Crippen molar-refractivity contribution >= 4 is 24.1 Å². The minimum atomic E-state index is -1.02. The zero-order chi connectivity index (χ0) is 26.9. The van der Waals surface area contributed by atoms with E-state index < -0.39 is 30.2 Å². The van der Waals surface area contributed by atoms with E-state index in [1.54, 1.807) is 0 Å². The minimum Gasteiger partial charge on any atom is -0.458 e. The molecule has 0 radical (unpaired) electrons. The highest BCUT2D eigenvalue weighted by molar-refractivity contribution is 5.87.